The van der Waals surface area contributed by atoms with Gasteiger partial charge in [-0.05, 0) is 43.3 Å². The van der Waals surface area contributed by atoms with Gasteiger partial charge in [0.1, 0.15) is 5.75 Å². The number of methoxy groups -OCH3 is 1. The Bertz CT molecular complexity index is 630. The van der Waals surface area contributed by atoms with Gasteiger partial charge in [-0.1, -0.05) is 52.2 Å². The molecule has 0 saturated carbocycles. The largest absolute Gasteiger partial charge is 0.496 e. The van der Waals surface area contributed by atoms with Crippen LogP contribution in [-0.2, 0) is 0 Å². The van der Waals surface area contributed by atoms with Crippen molar-refractivity contribution >= 4 is 27.5 Å². The molecule has 0 aliphatic heterocycles. The molecule has 2 nitrogen and oxygen atoms in total. The highest BCUT2D eigenvalue weighted by Gasteiger charge is 2.20. The van der Waals surface area contributed by atoms with Gasteiger partial charge in [-0.3, -0.25) is 0 Å². The molecule has 0 aromatic heterocycles. The number of hydrogen-bond acceptors (Lipinski definition) is 2. The lowest BCUT2D eigenvalue weighted by molar-refractivity contribution is 0.404. The zero-order valence-electron chi connectivity index (χ0n) is 12.4. The molecule has 2 aromatic rings. The normalized spacial score (nSPS) is 12.2. The number of halogens is 2. The van der Waals surface area contributed by atoms with Gasteiger partial charge >= 0.3 is 0 Å². The maximum Gasteiger partial charge on any atom is 0.124 e. The molecule has 0 bridgehead atoms. The third-order valence-corrected chi connectivity index (χ3v) is 4.33. The monoisotopic (exact) mass is 367 g/mol. The second kappa shape index (κ2) is 7.30. The summed E-state index contributed by atoms with van der Waals surface area (Å²) in [4.78, 5) is 0. The summed E-state index contributed by atoms with van der Waals surface area (Å²) in [6, 6.07) is 12.1. The molecule has 0 aliphatic carbocycles. The predicted octanol–water partition coefficient (Wildman–Crippen LogP) is 5.12. The number of nitrogens with one attached hydrogen (secondary N) is 1. The van der Waals surface area contributed by atoms with Gasteiger partial charge in [0, 0.05) is 15.1 Å². The van der Waals surface area contributed by atoms with Gasteiger partial charge in [0.05, 0.1) is 13.2 Å². The molecule has 0 saturated heterocycles. The second-order valence-corrected chi connectivity index (χ2v) is 6.19. The summed E-state index contributed by atoms with van der Waals surface area (Å²) < 4.78 is 6.58. The molecule has 0 heterocycles. The van der Waals surface area contributed by atoms with E-state index >= 15 is 0 Å². The summed E-state index contributed by atoms with van der Waals surface area (Å²) >= 11 is 9.83. The van der Waals surface area contributed by atoms with Gasteiger partial charge in [-0.2, -0.15) is 0 Å². The molecule has 0 aliphatic rings. The van der Waals surface area contributed by atoms with Crippen molar-refractivity contribution in [1.29, 1.82) is 0 Å². The summed E-state index contributed by atoms with van der Waals surface area (Å²) in [6.45, 7) is 5.03. The zero-order chi connectivity index (χ0) is 15.4. The van der Waals surface area contributed by atoms with Crippen LogP contribution in [0.4, 0.5) is 0 Å². The highest BCUT2D eigenvalue weighted by Crippen LogP contribution is 2.35. The minimum atomic E-state index is 0.0259. The number of hydrogen-bond donors (Lipinski definition) is 1. The minimum absolute atomic E-state index is 0.0259. The molecule has 0 fully saturated rings. The lowest BCUT2D eigenvalue weighted by Gasteiger charge is -2.23. The van der Waals surface area contributed by atoms with Crippen molar-refractivity contribution in [2.45, 2.75) is 19.9 Å². The fourth-order valence-electron chi connectivity index (χ4n) is 2.41. The Labute approximate surface area is 139 Å². The summed E-state index contributed by atoms with van der Waals surface area (Å²) in [5.41, 5.74) is 3.44. The van der Waals surface area contributed by atoms with Crippen LogP contribution >= 0.6 is 27.5 Å². The summed E-state index contributed by atoms with van der Waals surface area (Å²) in [5, 5.41) is 4.22. The Morgan fingerprint density at radius 2 is 1.95 bits per heavy atom. The van der Waals surface area contributed by atoms with Crippen LogP contribution < -0.4 is 10.1 Å². The molecule has 1 unspecified atom stereocenters. The van der Waals surface area contributed by atoms with E-state index < -0.39 is 0 Å². The molecule has 1 atom stereocenters. The van der Waals surface area contributed by atoms with Crippen molar-refractivity contribution in [2.24, 2.45) is 0 Å². The molecule has 4 heteroatoms. The molecular weight excluding hydrogens is 350 g/mol. The van der Waals surface area contributed by atoms with Crippen LogP contribution in [-0.4, -0.2) is 13.7 Å². The van der Waals surface area contributed by atoms with E-state index in [4.69, 9.17) is 16.3 Å². The standard InChI is InChI=1S/C17H19BrClNO/c1-4-20-17(13-9-11(2)5-7-15(13)18)14-10-12(19)6-8-16(14)21-3/h5-10,17,20H,4H2,1-3H3. The fourth-order valence-corrected chi connectivity index (χ4v) is 3.06. The minimum Gasteiger partial charge on any atom is -0.496 e. The fraction of sp³-hybridized carbons (Fsp3) is 0.294. The van der Waals surface area contributed by atoms with Gasteiger partial charge in [0.25, 0.3) is 0 Å². The predicted molar refractivity (Wildman–Crippen MR) is 92.4 cm³/mol. The summed E-state index contributed by atoms with van der Waals surface area (Å²) in [7, 11) is 1.68. The van der Waals surface area contributed by atoms with Crippen LogP contribution in [0.15, 0.2) is 40.9 Å². The lowest BCUT2D eigenvalue weighted by atomic mass is 9.96. The maximum atomic E-state index is 6.18. The lowest BCUT2D eigenvalue weighted by Crippen LogP contribution is -2.23. The Morgan fingerprint density at radius 1 is 1.19 bits per heavy atom. The molecule has 0 amide bonds. The van der Waals surface area contributed by atoms with Gasteiger partial charge < -0.3 is 10.1 Å². The molecule has 1 N–H and O–H groups in total. The van der Waals surface area contributed by atoms with E-state index in [9.17, 15) is 0 Å². The number of rotatable bonds is 5. The van der Waals surface area contributed by atoms with Gasteiger partial charge in [0.15, 0.2) is 0 Å². The van der Waals surface area contributed by atoms with E-state index in [1.54, 1.807) is 7.11 Å². The number of ether oxygens (including phenoxy) is 1. The molecule has 0 spiro atoms. The first-order chi connectivity index (χ1) is 10.1. The smallest absolute Gasteiger partial charge is 0.124 e. The molecule has 0 radical (unpaired) electrons. The van der Waals surface area contributed by atoms with Crippen molar-refractivity contribution in [1.82, 2.24) is 5.32 Å². The van der Waals surface area contributed by atoms with E-state index in [1.165, 1.54) is 11.1 Å². The van der Waals surface area contributed by atoms with Crippen LogP contribution in [0.2, 0.25) is 5.02 Å². The number of aryl methyl sites for hydroxylation is 1. The van der Waals surface area contributed by atoms with Gasteiger partial charge in [-0.25, -0.2) is 0 Å². The van der Waals surface area contributed by atoms with E-state index in [2.05, 4.69) is 53.3 Å². The Balaban J connectivity index is 2.58. The van der Waals surface area contributed by atoms with E-state index in [1.807, 2.05) is 18.2 Å². The first kappa shape index (κ1) is 16.3. The second-order valence-electron chi connectivity index (χ2n) is 4.90. The van der Waals surface area contributed by atoms with Crippen LogP contribution in [0, 0.1) is 6.92 Å². The van der Waals surface area contributed by atoms with Crippen molar-refractivity contribution in [3.05, 3.63) is 62.6 Å². The Kier molecular flexibility index (Phi) is 5.68. The molecule has 21 heavy (non-hydrogen) atoms. The molecule has 2 rings (SSSR count). The van der Waals surface area contributed by atoms with Crippen molar-refractivity contribution in [3.8, 4) is 5.75 Å². The van der Waals surface area contributed by atoms with Crippen molar-refractivity contribution in [3.63, 3.8) is 0 Å². The van der Waals surface area contributed by atoms with Crippen LogP contribution in [0.25, 0.3) is 0 Å². The van der Waals surface area contributed by atoms with Crippen LogP contribution in [0.3, 0.4) is 0 Å². The SMILES string of the molecule is CCNC(c1cc(C)ccc1Br)c1cc(Cl)ccc1OC. The summed E-state index contributed by atoms with van der Waals surface area (Å²) in [6.07, 6.45) is 0. The molecular formula is C17H19BrClNO. The molecule has 2 aromatic carbocycles. The quantitative estimate of drug-likeness (QED) is 0.791. The first-order valence-electron chi connectivity index (χ1n) is 6.89. The zero-order valence-corrected chi connectivity index (χ0v) is 14.8. The van der Waals surface area contributed by atoms with Crippen LogP contribution in [0.1, 0.15) is 29.7 Å². The summed E-state index contributed by atoms with van der Waals surface area (Å²) in [5.74, 6) is 0.832. The average Bonchev–Trinajstić information content (AvgIpc) is 2.47. The van der Waals surface area contributed by atoms with E-state index in [0.29, 0.717) is 5.02 Å². The third kappa shape index (κ3) is 3.79. The van der Waals surface area contributed by atoms with Crippen LogP contribution in [0.5, 0.6) is 5.75 Å². The number of benzene rings is 2. The third-order valence-electron chi connectivity index (χ3n) is 3.37. The van der Waals surface area contributed by atoms with E-state index in [-0.39, 0.29) is 6.04 Å². The highest BCUT2D eigenvalue weighted by molar-refractivity contribution is 9.10. The Morgan fingerprint density at radius 3 is 2.62 bits per heavy atom. The van der Waals surface area contributed by atoms with Crippen molar-refractivity contribution < 1.29 is 4.74 Å². The Hall–Kier alpha value is -1.03. The molecule has 112 valence electrons. The van der Waals surface area contributed by atoms with E-state index in [0.717, 1.165) is 22.3 Å². The first-order valence-corrected chi connectivity index (χ1v) is 8.06. The average molecular weight is 369 g/mol. The van der Waals surface area contributed by atoms with Gasteiger partial charge in [0.2, 0.25) is 0 Å². The maximum absolute atomic E-state index is 6.18. The van der Waals surface area contributed by atoms with Gasteiger partial charge in [-0.15, -0.1) is 0 Å². The van der Waals surface area contributed by atoms with Crippen molar-refractivity contribution in [2.75, 3.05) is 13.7 Å². The highest BCUT2D eigenvalue weighted by atomic mass is 79.9. The topological polar surface area (TPSA) is 21.3 Å².